The standard InChI is InChI=1S/C12H15N3/c1-4-11-5-6-15(14-11)12-7-9(2)10(3)8-13-12/h5-8H,4H2,1-3H3. The van der Waals surface area contributed by atoms with Crippen molar-refractivity contribution in [2.45, 2.75) is 27.2 Å². The number of rotatable bonds is 2. The summed E-state index contributed by atoms with van der Waals surface area (Å²) in [6.07, 6.45) is 4.80. The van der Waals surface area contributed by atoms with E-state index in [9.17, 15) is 0 Å². The third kappa shape index (κ3) is 1.91. The third-order valence-corrected chi connectivity index (χ3v) is 2.60. The minimum absolute atomic E-state index is 0.887. The topological polar surface area (TPSA) is 30.7 Å². The molecule has 15 heavy (non-hydrogen) atoms. The molecule has 0 fully saturated rings. The van der Waals surface area contributed by atoms with Crippen LogP contribution in [0.5, 0.6) is 0 Å². The molecule has 0 N–H and O–H groups in total. The predicted molar refractivity (Wildman–Crippen MR) is 60.2 cm³/mol. The van der Waals surface area contributed by atoms with Crippen LogP contribution in [-0.4, -0.2) is 14.8 Å². The molecule has 3 heteroatoms. The Morgan fingerprint density at radius 2 is 2.07 bits per heavy atom. The average Bonchev–Trinajstić information content (AvgIpc) is 2.70. The first-order chi connectivity index (χ1) is 7.20. The molecule has 0 unspecified atom stereocenters. The summed E-state index contributed by atoms with van der Waals surface area (Å²) in [5.41, 5.74) is 3.55. The predicted octanol–water partition coefficient (Wildman–Crippen LogP) is 2.45. The van der Waals surface area contributed by atoms with Gasteiger partial charge in [-0.05, 0) is 43.5 Å². The van der Waals surface area contributed by atoms with Crippen LogP contribution in [0.15, 0.2) is 24.5 Å². The van der Waals surface area contributed by atoms with Crippen LogP contribution in [0, 0.1) is 13.8 Å². The second-order valence-corrected chi connectivity index (χ2v) is 3.73. The lowest BCUT2D eigenvalue weighted by Gasteiger charge is -2.03. The first-order valence-electron chi connectivity index (χ1n) is 5.19. The molecule has 0 spiro atoms. The zero-order valence-electron chi connectivity index (χ0n) is 9.36. The summed E-state index contributed by atoms with van der Waals surface area (Å²) >= 11 is 0. The second-order valence-electron chi connectivity index (χ2n) is 3.73. The zero-order valence-corrected chi connectivity index (χ0v) is 9.36. The highest BCUT2D eigenvalue weighted by molar-refractivity contribution is 5.31. The molecule has 0 aromatic carbocycles. The Balaban J connectivity index is 2.40. The Labute approximate surface area is 89.8 Å². The summed E-state index contributed by atoms with van der Waals surface area (Å²) in [4.78, 5) is 4.36. The van der Waals surface area contributed by atoms with Crippen molar-refractivity contribution in [3.8, 4) is 5.82 Å². The summed E-state index contributed by atoms with van der Waals surface area (Å²) in [5.74, 6) is 0.887. The zero-order chi connectivity index (χ0) is 10.8. The summed E-state index contributed by atoms with van der Waals surface area (Å²) in [6, 6.07) is 4.08. The van der Waals surface area contributed by atoms with Gasteiger partial charge in [0.05, 0.1) is 5.69 Å². The Kier molecular flexibility index (Phi) is 2.54. The minimum Gasteiger partial charge on any atom is -0.237 e. The number of pyridine rings is 1. The monoisotopic (exact) mass is 201 g/mol. The van der Waals surface area contributed by atoms with Gasteiger partial charge in [0.1, 0.15) is 0 Å². The van der Waals surface area contributed by atoms with Crippen LogP contribution < -0.4 is 0 Å². The highest BCUT2D eigenvalue weighted by Gasteiger charge is 2.02. The lowest BCUT2D eigenvalue weighted by molar-refractivity contribution is 0.813. The van der Waals surface area contributed by atoms with E-state index in [4.69, 9.17) is 0 Å². The van der Waals surface area contributed by atoms with Gasteiger partial charge >= 0.3 is 0 Å². The molecule has 0 aliphatic rings. The Hall–Kier alpha value is -1.64. The van der Waals surface area contributed by atoms with Gasteiger partial charge in [0.15, 0.2) is 5.82 Å². The van der Waals surface area contributed by atoms with Crippen LogP contribution in [0.2, 0.25) is 0 Å². The van der Waals surface area contributed by atoms with E-state index in [1.165, 1.54) is 11.1 Å². The first-order valence-corrected chi connectivity index (χ1v) is 5.19. The highest BCUT2D eigenvalue weighted by atomic mass is 15.3. The van der Waals surface area contributed by atoms with Gasteiger partial charge in [-0.15, -0.1) is 0 Å². The number of hydrogen-bond acceptors (Lipinski definition) is 2. The van der Waals surface area contributed by atoms with Gasteiger partial charge < -0.3 is 0 Å². The maximum absolute atomic E-state index is 4.42. The first kappa shape index (κ1) is 9.90. The molecule has 0 aliphatic heterocycles. The normalized spacial score (nSPS) is 10.6. The summed E-state index contributed by atoms with van der Waals surface area (Å²) < 4.78 is 1.82. The molecule has 0 bridgehead atoms. The Bertz CT molecular complexity index is 471. The van der Waals surface area contributed by atoms with E-state index in [2.05, 4.69) is 36.9 Å². The largest absolute Gasteiger partial charge is 0.237 e. The van der Waals surface area contributed by atoms with Crippen LogP contribution in [0.4, 0.5) is 0 Å². The fourth-order valence-corrected chi connectivity index (χ4v) is 1.41. The van der Waals surface area contributed by atoms with Gasteiger partial charge in [-0.1, -0.05) is 6.92 Å². The molecule has 3 nitrogen and oxygen atoms in total. The van der Waals surface area contributed by atoms with E-state index in [0.29, 0.717) is 0 Å². The van der Waals surface area contributed by atoms with Gasteiger partial charge in [-0.2, -0.15) is 5.10 Å². The summed E-state index contributed by atoms with van der Waals surface area (Å²) in [6.45, 7) is 6.25. The van der Waals surface area contributed by atoms with Crippen molar-refractivity contribution < 1.29 is 0 Å². The Morgan fingerprint density at radius 1 is 1.27 bits per heavy atom. The van der Waals surface area contributed by atoms with Crippen LogP contribution in [0.1, 0.15) is 23.7 Å². The van der Waals surface area contributed by atoms with Crippen LogP contribution in [0.3, 0.4) is 0 Å². The molecule has 2 aromatic rings. The lowest BCUT2D eigenvalue weighted by atomic mass is 10.2. The molecule has 0 aliphatic carbocycles. The molecule has 78 valence electrons. The quantitative estimate of drug-likeness (QED) is 0.747. The van der Waals surface area contributed by atoms with Gasteiger partial charge in [0, 0.05) is 12.4 Å². The van der Waals surface area contributed by atoms with E-state index >= 15 is 0 Å². The molecular weight excluding hydrogens is 186 g/mol. The van der Waals surface area contributed by atoms with Crippen molar-refractivity contribution in [1.29, 1.82) is 0 Å². The summed E-state index contributed by atoms with van der Waals surface area (Å²) in [7, 11) is 0. The molecule has 0 atom stereocenters. The van der Waals surface area contributed by atoms with Crippen LogP contribution in [0.25, 0.3) is 5.82 Å². The van der Waals surface area contributed by atoms with Crippen molar-refractivity contribution in [2.75, 3.05) is 0 Å². The molecule has 0 saturated carbocycles. The fourth-order valence-electron chi connectivity index (χ4n) is 1.41. The van der Waals surface area contributed by atoms with E-state index < -0.39 is 0 Å². The van der Waals surface area contributed by atoms with Crippen LogP contribution >= 0.6 is 0 Å². The molecular formula is C12H15N3. The number of aromatic nitrogens is 3. The maximum atomic E-state index is 4.42. The smallest absolute Gasteiger partial charge is 0.153 e. The molecule has 2 rings (SSSR count). The molecule has 0 saturated heterocycles. The fraction of sp³-hybridized carbons (Fsp3) is 0.333. The minimum atomic E-state index is 0.887. The van der Waals surface area contributed by atoms with Crippen LogP contribution in [-0.2, 0) is 6.42 Å². The SMILES string of the molecule is CCc1ccn(-c2cc(C)c(C)cn2)n1. The summed E-state index contributed by atoms with van der Waals surface area (Å²) in [5, 5.41) is 4.42. The van der Waals surface area contributed by atoms with Crippen molar-refractivity contribution in [2.24, 2.45) is 0 Å². The molecule has 2 aromatic heterocycles. The molecule has 0 amide bonds. The second kappa shape index (κ2) is 3.85. The van der Waals surface area contributed by atoms with Gasteiger partial charge in [0.25, 0.3) is 0 Å². The average molecular weight is 201 g/mol. The number of aryl methyl sites for hydroxylation is 3. The van der Waals surface area contributed by atoms with Crippen molar-refractivity contribution >= 4 is 0 Å². The third-order valence-electron chi connectivity index (χ3n) is 2.60. The van der Waals surface area contributed by atoms with E-state index in [0.717, 1.165) is 17.9 Å². The van der Waals surface area contributed by atoms with Crippen molar-refractivity contribution in [1.82, 2.24) is 14.8 Å². The molecule has 2 heterocycles. The van der Waals surface area contributed by atoms with Crippen molar-refractivity contribution in [3.05, 3.63) is 41.3 Å². The van der Waals surface area contributed by atoms with E-state index in [1.807, 2.05) is 23.1 Å². The lowest BCUT2D eigenvalue weighted by Crippen LogP contribution is -2.00. The van der Waals surface area contributed by atoms with Crippen molar-refractivity contribution in [3.63, 3.8) is 0 Å². The highest BCUT2D eigenvalue weighted by Crippen LogP contribution is 2.10. The molecule has 0 radical (unpaired) electrons. The van der Waals surface area contributed by atoms with Gasteiger partial charge in [0.2, 0.25) is 0 Å². The number of nitrogens with zero attached hydrogens (tertiary/aromatic N) is 3. The van der Waals surface area contributed by atoms with Gasteiger partial charge in [-0.3, -0.25) is 0 Å². The van der Waals surface area contributed by atoms with E-state index in [1.54, 1.807) is 0 Å². The Morgan fingerprint density at radius 3 is 2.67 bits per heavy atom. The maximum Gasteiger partial charge on any atom is 0.153 e. The number of hydrogen-bond donors (Lipinski definition) is 0. The van der Waals surface area contributed by atoms with Gasteiger partial charge in [-0.25, -0.2) is 9.67 Å². The van der Waals surface area contributed by atoms with E-state index in [-0.39, 0.29) is 0 Å².